The minimum Gasteiger partial charge on any atom is -0.393 e. The SMILES string of the molecule is CCCCCCCN[C@H]1C[C@@]2(C)[C@@H](CC[C@@H]3[C@@H]2CC[C@]2(C)[C@@H](O)CC[C@@H]32)C[C@@H]1O. The topological polar surface area (TPSA) is 52.5 Å². The number of nitrogens with one attached hydrogen (secondary N) is 1. The van der Waals surface area contributed by atoms with Gasteiger partial charge in [-0.1, -0.05) is 46.5 Å². The molecule has 29 heavy (non-hydrogen) atoms. The Bertz CT molecular complexity index is 553. The molecule has 3 N–H and O–H groups in total. The molecule has 4 rings (SSSR count). The zero-order chi connectivity index (χ0) is 20.6. The molecule has 4 fully saturated rings. The molecule has 0 aromatic heterocycles. The lowest BCUT2D eigenvalue weighted by molar-refractivity contribution is -0.140. The Morgan fingerprint density at radius 1 is 0.862 bits per heavy atom. The Morgan fingerprint density at radius 2 is 1.62 bits per heavy atom. The summed E-state index contributed by atoms with van der Waals surface area (Å²) in [6, 6.07) is 0.281. The van der Waals surface area contributed by atoms with Gasteiger partial charge in [0, 0.05) is 6.04 Å². The van der Waals surface area contributed by atoms with Gasteiger partial charge in [-0.2, -0.15) is 0 Å². The second kappa shape index (κ2) is 8.79. The number of hydrogen-bond acceptors (Lipinski definition) is 3. The van der Waals surface area contributed by atoms with Crippen LogP contribution in [0.4, 0.5) is 0 Å². The summed E-state index contributed by atoms with van der Waals surface area (Å²) in [5, 5.41) is 25.3. The molecule has 3 heteroatoms. The Labute approximate surface area is 179 Å². The van der Waals surface area contributed by atoms with Crippen LogP contribution in [0.15, 0.2) is 0 Å². The van der Waals surface area contributed by atoms with Gasteiger partial charge in [-0.15, -0.1) is 0 Å². The predicted octanol–water partition coefficient (Wildman–Crippen LogP) is 5.29. The number of aliphatic hydroxyl groups excluding tert-OH is 2. The number of hydrogen-bond donors (Lipinski definition) is 3. The molecule has 0 bridgehead atoms. The average Bonchev–Trinajstić information content (AvgIpc) is 3.00. The zero-order valence-electron chi connectivity index (χ0n) is 19.3. The summed E-state index contributed by atoms with van der Waals surface area (Å²) in [7, 11) is 0. The van der Waals surface area contributed by atoms with E-state index in [4.69, 9.17) is 0 Å². The average molecular weight is 406 g/mol. The molecule has 0 unspecified atom stereocenters. The zero-order valence-corrected chi connectivity index (χ0v) is 19.3. The lowest BCUT2D eigenvalue weighted by atomic mass is 9.44. The van der Waals surface area contributed by atoms with Gasteiger partial charge < -0.3 is 15.5 Å². The third-order valence-corrected chi connectivity index (χ3v) is 10.4. The third kappa shape index (κ3) is 3.94. The third-order valence-electron chi connectivity index (χ3n) is 10.4. The van der Waals surface area contributed by atoms with Gasteiger partial charge in [0.1, 0.15) is 0 Å². The summed E-state index contributed by atoms with van der Waals surface area (Å²) < 4.78 is 0. The number of fused-ring (bicyclic) bond motifs is 5. The summed E-state index contributed by atoms with van der Waals surface area (Å²) in [6.07, 6.45) is 15.9. The van der Waals surface area contributed by atoms with Crippen molar-refractivity contribution in [3.05, 3.63) is 0 Å². The van der Waals surface area contributed by atoms with Crippen LogP contribution in [0.5, 0.6) is 0 Å². The van der Waals surface area contributed by atoms with Gasteiger partial charge in [-0.3, -0.25) is 0 Å². The van der Waals surface area contributed by atoms with E-state index in [9.17, 15) is 10.2 Å². The maximum Gasteiger partial charge on any atom is 0.0696 e. The van der Waals surface area contributed by atoms with Crippen LogP contribution in [0.2, 0.25) is 0 Å². The Hall–Kier alpha value is -0.120. The minimum atomic E-state index is -0.164. The Kier molecular flexibility index (Phi) is 6.69. The second-order valence-corrected chi connectivity index (χ2v) is 11.8. The molecule has 4 saturated carbocycles. The van der Waals surface area contributed by atoms with Gasteiger partial charge in [0.25, 0.3) is 0 Å². The van der Waals surface area contributed by atoms with E-state index in [-0.39, 0.29) is 23.7 Å². The fraction of sp³-hybridized carbons (Fsp3) is 1.00. The van der Waals surface area contributed by atoms with E-state index in [1.165, 1.54) is 64.2 Å². The van der Waals surface area contributed by atoms with Crippen molar-refractivity contribution >= 4 is 0 Å². The van der Waals surface area contributed by atoms with Crippen LogP contribution in [0.3, 0.4) is 0 Å². The number of aliphatic hydroxyl groups is 2. The first kappa shape index (κ1) is 22.1. The summed E-state index contributed by atoms with van der Waals surface area (Å²) in [5.41, 5.74) is 0.547. The summed E-state index contributed by atoms with van der Waals surface area (Å²) in [5.74, 6) is 3.02. The van der Waals surface area contributed by atoms with Crippen molar-refractivity contribution in [2.24, 2.45) is 34.5 Å². The number of unbranched alkanes of at least 4 members (excludes halogenated alkanes) is 4. The largest absolute Gasteiger partial charge is 0.393 e. The Balaban J connectivity index is 1.40. The van der Waals surface area contributed by atoms with Crippen LogP contribution in [0, 0.1) is 34.5 Å². The van der Waals surface area contributed by atoms with Crippen LogP contribution in [0.1, 0.15) is 104 Å². The first-order chi connectivity index (χ1) is 13.9. The highest BCUT2D eigenvalue weighted by Gasteiger charge is 2.60. The smallest absolute Gasteiger partial charge is 0.0696 e. The highest BCUT2D eigenvalue weighted by molar-refractivity contribution is 5.11. The molecule has 0 heterocycles. The van der Waals surface area contributed by atoms with Crippen molar-refractivity contribution in [1.82, 2.24) is 5.32 Å². The lowest BCUT2D eigenvalue weighted by Gasteiger charge is -2.61. The monoisotopic (exact) mass is 405 g/mol. The van der Waals surface area contributed by atoms with Gasteiger partial charge in [0.05, 0.1) is 12.2 Å². The van der Waals surface area contributed by atoms with Gasteiger partial charge in [-0.25, -0.2) is 0 Å². The van der Waals surface area contributed by atoms with E-state index in [0.717, 1.165) is 43.6 Å². The van der Waals surface area contributed by atoms with Crippen molar-refractivity contribution in [2.75, 3.05) is 6.54 Å². The van der Waals surface area contributed by atoms with E-state index in [1.54, 1.807) is 0 Å². The first-order valence-electron chi connectivity index (χ1n) is 13.0. The van der Waals surface area contributed by atoms with Crippen molar-refractivity contribution in [3.63, 3.8) is 0 Å². The van der Waals surface area contributed by atoms with E-state index >= 15 is 0 Å². The normalized spacial score (nSPS) is 49.3. The van der Waals surface area contributed by atoms with Crippen LogP contribution in [-0.2, 0) is 0 Å². The standard InChI is InChI=1S/C26H47NO2/c1-4-5-6-7-8-15-27-22-17-26(3)18(16-23(22)28)9-10-19-20-11-12-24(29)25(20,2)14-13-21(19)26/h18-24,27-29H,4-17H2,1-3H3/t18-,19-,20-,21-,22-,23-,24-,25-,26-/m0/s1. The molecule has 9 atom stereocenters. The summed E-state index contributed by atoms with van der Waals surface area (Å²) in [6.45, 7) is 8.29. The molecule has 0 aromatic rings. The molecule has 3 nitrogen and oxygen atoms in total. The first-order valence-corrected chi connectivity index (χ1v) is 13.0. The maximum absolute atomic E-state index is 10.9. The Morgan fingerprint density at radius 3 is 2.41 bits per heavy atom. The van der Waals surface area contributed by atoms with Crippen molar-refractivity contribution in [2.45, 2.75) is 122 Å². The van der Waals surface area contributed by atoms with Crippen LogP contribution >= 0.6 is 0 Å². The highest BCUT2D eigenvalue weighted by atomic mass is 16.3. The van der Waals surface area contributed by atoms with E-state index in [2.05, 4.69) is 26.1 Å². The van der Waals surface area contributed by atoms with Gasteiger partial charge in [0.15, 0.2) is 0 Å². The molecule has 0 radical (unpaired) electrons. The van der Waals surface area contributed by atoms with Crippen molar-refractivity contribution in [1.29, 1.82) is 0 Å². The van der Waals surface area contributed by atoms with Gasteiger partial charge >= 0.3 is 0 Å². The van der Waals surface area contributed by atoms with E-state index in [0.29, 0.717) is 11.3 Å². The minimum absolute atomic E-state index is 0.0747. The van der Waals surface area contributed by atoms with E-state index in [1.807, 2.05) is 0 Å². The van der Waals surface area contributed by atoms with Crippen LogP contribution in [0.25, 0.3) is 0 Å². The molecular weight excluding hydrogens is 358 g/mol. The van der Waals surface area contributed by atoms with Crippen LogP contribution in [-0.4, -0.2) is 35.0 Å². The van der Waals surface area contributed by atoms with Gasteiger partial charge in [0.2, 0.25) is 0 Å². The van der Waals surface area contributed by atoms with Crippen LogP contribution < -0.4 is 5.32 Å². The molecule has 0 aliphatic heterocycles. The summed E-state index contributed by atoms with van der Waals surface area (Å²) >= 11 is 0. The highest BCUT2D eigenvalue weighted by Crippen LogP contribution is 2.66. The van der Waals surface area contributed by atoms with Crippen molar-refractivity contribution in [3.8, 4) is 0 Å². The van der Waals surface area contributed by atoms with Gasteiger partial charge in [-0.05, 0) is 98.8 Å². The summed E-state index contributed by atoms with van der Waals surface area (Å²) in [4.78, 5) is 0. The number of rotatable bonds is 7. The lowest BCUT2D eigenvalue weighted by Crippen LogP contribution is -2.59. The maximum atomic E-state index is 10.9. The quantitative estimate of drug-likeness (QED) is 0.504. The van der Waals surface area contributed by atoms with E-state index < -0.39 is 0 Å². The predicted molar refractivity (Wildman–Crippen MR) is 120 cm³/mol. The molecule has 4 aliphatic rings. The molecular formula is C26H47NO2. The molecule has 168 valence electrons. The molecule has 0 amide bonds. The molecule has 4 aliphatic carbocycles. The molecule has 0 saturated heterocycles. The fourth-order valence-electron chi connectivity index (χ4n) is 8.50. The molecule has 0 aromatic carbocycles. The van der Waals surface area contributed by atoms with Crippen molar-refractivity contribution < 1.29 is 10.2 Å². The fourth-order valence-corrected chi connectivity index (χ4v) is 8.50. The second-order valence-electron chi connectivity index (χ2n) is 11.8. The molecule has 0 spiro atoms.